The number of likely N-dealkylation sites (tertiary alicyclic amines) is 1. The molecule has 0 radical (unpaired) electrons. The number of hydrogen-bond acceptors (Lipinski definition) is 3. The molecule has 1 aliphatic rings. The lowest BCUT2D eigenvalue weighted by Crippen LogP contribution is -2.41. The molecule has 1 amide bonds. The number of hydrogen-bond donors (Lipinski definition) is 1. The fourth-order valence-corrected chi connectivity index (χ4v) is 3.75. The molecule has 2 aromatic rings. The molecule has 3 heterocycles. The van der Waals surface area contributed by atoms with Gasteiger partial charge in [-0.2, -0.15) is 5.10 Å². The number of carbonyl (C=O) groups excluding carboxylic acids is 1. The highest BCUT2D eigenvalue weighted by Crippen LogP contribution is 2.29. The summed E-state index contributed by atoms with van der Waals surface area (Å²) < 4.78 is 2.02. The average molecular weight is 358 g/mol. The second-order valence-corrected chi connectivity index (χ2v) is 8.03. The summed E-state index contributed by atoms with van der Waals surface area (Å²) in [6, 6.07) is 1.99. The van der Waals surface area contributed by atoms with Crippen molar-refractivity contribution >= 4 is 5.91 Å². The lowest BCUT2D eigenvalue weighted by molar-refractivity contribution is -0.135. The molecule has 6 heteroatoms. The summed E-state index contributed by atoms with van der Waals surface area (Å²) in [7, 11) is 0. The van der Waals surface area contributed by atoms with E-state index in [2.05, 4.69) is 48.9 Å². The van der Waals surface area contributed by atoms with Crippen molar-refractivity contribution in [2.45, 2.75) is 71.3 Å². The van der Waals surface area contributed by atoms with Gasteiger partial charge in [0.05, 0.1) is 5.69 Å². The smallest absolute Gasteiger partial charge is 0.245 e. The van der Waals surface area contributed by atoms with Gasteiger partial charge in [0, 0.05) is 43.0 Å². The summed E-state index contributed by atoms with van der Waals surface area (Å²) in [6.07, 6.45) is 5.68. The van der Waals surface area contributed by atoms with E-state index in [0.29, 0.717) is 17.8 Å². The summed E-state index contributed by atoms with van der Waals surface area (Å²) >= 11 is 0. The van der Waals surface area contributed by atoms with Crippen molar-refractivity contribution in [3.8, 4) is 0 Å². The van der Waals surface area contributed by atoms with Crippen LogP contribution in [0.1, 0.15) is 88.5 Å². The van der Waals surface area contributed by atoms with Gasteiger partial charge in [-0.25, -0.2) is 4.98 Å². The fraction of sp³-hybridized carbons (Fsp3) is 0.650. The summed E-state index contributed by atoms with van der Waals surface area (Å²) in [6.45, 7) is 12.1. The van der Waals surface area contributed by atoms with Crippen molar-refractivity contribution in [1.29, 1.82) is 0 Å². The van der Waals surface area contributed by atoms with Crippen molar-refractivity contribution in [2.24, 2.45) is 0 Å². The third-order valence-corrected chi connectivity index (χ3v) is 5.45. The van der Waals surface area contributed by atoms with E-state index in [4.69, 9.17) is 0 Å². The van der Waals surface area contributed by atoms with Gasteiger partial charge in [-0.05, 0) is 31.7 Å². The Bertz CT molecular complexity index is 737. The number of nitrogens with one attached hydrogen (secondary N) is 1. The Morgan fingerprint density at radius 2 is 1.85 bits per heavy atom. The number of aromatic nitrogens is 4. The van der Waals surface area contributed by atoms with Gasteiger partial charge in [-0.1, -0.05) is 27.7 Å². The second-order valence-electron chi connectivity index (χ2n) is 8.03. The number of aromatic amines is 1. The standard InChI is InChI=1S/C20H31N5O/c1-13(2)17-12-18(23-22-17)16-6-9-24(10-7-16)20(26)15(5)25-11-8-21-19(25)14(3)4/h8,11-16H,6-7,9-10H2,1-5H3,(H,22,23)/t15-/m1/s1. The van der Waals surface area contributed by atoms with Gasteiger partial charge in [0.25, 0.3) is 0 Å². The Balaban J connectivity index is 1.62. The molecular weight excluding hydrogens is 326 g/mol. The van der Waals surface area contributed by atoms with Crippen LogP contribution in [0.25, 0.3) is 0 Å². The topological polar surface area (TPSA) is 66.8 Å². The van der Waals surface area contributed by atoms with Crippen molar-refractivity contribution in [2.75, 3.05) is 13.1 Å². The number of rotatable bonds is 5. The molecule has 1 N–H and O–H groups in total. The van der Waals surface area contributed by atoms with Crippen LogP contribution in [0.2, 0.25) is 0 Å². The molecule has 0 bridgehead atoms. The molecule has 0 unspecified atom stereocenters. The summed E-state index contributed by atoms with van der Waals surface area (Å²) in [4.78, 5) is 19.4. The van der Waals surface area contributed by atoms with Gasteiger partial charge < -0.3 is 9.47 Å². The molecule has 1 aliphatic heterocycles. The lowest BCUT2D eigenvalue weighted by atomic mass is 9.92. The first-order valence-electron chi connectivity index (χ1n) is 9.75. The fourth-order valence-electron chi connectivity index (χ4n) is 3.75. The highest BCUT2D eigenvalue weighted by molar-refractivity contribution is 5.80. The van der Waals surface area contributed by atoms with Crippen molar-refractivity contribution in [3.63, 3.8) is 0 Å². The maximum absolute atomic E-state index is 13.0. The van der Waals surface area contributed by atoms with Crippen molar-refractivity contribution in [3.05, 3.63) is 35.7 Å². The molecule has 3 rings (SSSR count). The van der Waals surface area contributed by atoms with Gasteiger partial charge >= 0.3 is 0 Å². The monoisotopic (exact) mass is 357 g/mol. The Kier molecular flexibility index (Phi) is 5.49. The molecule has 0 aliphatic carbocycles. The van der Waals surface area contributed by atoms with E-state index in [-0.39, 0.29) is 11.9 Å². The average Bonchev–Trinajstić information content (AvgIpc) is 3.30. The van der Waals surface area contributed by atoms with Gasteiger partial charge in [-0.15, -0.1) is 0 Å². The normalized spacial score (nSPS) is 17.3. The first-order valence-corrected chi connectivity index (χ1v) is 9.75. The highest BCUT2D eigenvalue weighted by atomic mass is 16.2. The largest absolute Gasteiger partial charge is 0.341 e. The highest BCUT2D eigenvalue weighted by Gasteiger charge is 2.29. The van der Waals surface area contributed by atoms with Gasteiger partial charge in [0.1, 0.15) is 11.9 Å². The molecule has 1 saturated heterocycles. The number of nitrogens with zero attached hydrogens (tertiary/aromatic N) is 4. The first-order chi connectivity index (χ1) is 12.4. The van der Waals surface area contributed by atoms with Crippen LogP contribution in [0.5, 0.6) is 0 Å². The zero-order valence-corrected chi connectivity index (χ0v) is 16.6. The molecule has 0 saturated carbocycles. The van der Waals surface area contributed by atoms with Crippen LogP contribution in [0, 0.1) is 0 Å². The molecule has 1 fully saturated rings. The van der Waals surface area contributed by atoms with Gasteiger partial charge in [0.15, 0.2) is 0 Å². The van der Waals surface area contributed by atoms with Gasteiger partial charge in [-0.3, -0.25) is 9.89 Å². The molecule has 26 heavy (non-hydrogen) atoms. The first kappa shape index (κ1) is 18.7. The Morgan fingerprint density at radius 1 is 1.15 bits per heavy atom. The van der Waals surface area contributed by atoms with Crippen LogP contribution in [0.4, 0.5) is 0 Å². The summed E-state index contributed by atoms with van der Waals surface area (Å²) in [5, 5.41) is 7.62. The minimum Gasteiger partial charge on any atom is -0.341 e. The van der Waals surface area contributed by atoms with E-state index in [9.17, 15) is 4.79 Å². The predicted molar refractivity (Wildman–Crippen MR) is 102 cm³/mol. The van der Waals surface area contributed by atoms with E-state index in [1.165, 1.54) is 5.69 Å². The van der Waals surface area contributed by atoms with Crippen LogP contribution in [0.3, 0.4) is 0 Å². The number of imidazole rings is 1. The molecule has 142 valence electrons. The zero-order chi connectivity index (χ0) is 18.8. The third-order valence-electron chi connectivity index (χ3n) is 5.45. The molecule has 0 spiro atoms. The predicted octanol–water partition coefficient (Wildman–Crippen LogP) is 3.82. The number of H-pyrrole nitrogens is 1. The van der Waals surface area contributed by atoms with Crippen LogP contribution in [0.15, 0.2) is 18.5 Å². The number of piperidine rings is 1. The van der Waals surface area contributed by atoms with E-state index in [1.54, 1.807) is 6.20 Å². The number of carbonyl (C=O) groups is 1. The lowest BCUT2D eigenvalue weighted by Gasteiger charge is -2.33. The van der Waals surface area contributed by atoms with Crippen LogP contribution >= 0.6 is 0 Å². The molecule has 1 atom stereocenters. The summed E-state index contributed by atoms with van der Waals surface area (Å²) in [5.41, 5.74) is 2.33. The van der Waals surface area contributed by atoms with Crippen molar-refractivity contribution < 1.29 is 4.79 Å². The van der Waals surface area contributed by atoms with Crippen LogP contribution in [-0.4, -0.2) is 43.6 Å². The van der Waals surface area contributed by atoms with Crippen LogP contribution < -0.4 is 0 Å². The Labute approximate surface area is 156 Å². The quantitative estimate of drug-likeness (QED) is 0.884. The molecule has 0 aromatic carbocycles. The maximum Gasteiger partial charge on any atom is 0.245 e. The minimum atomic E-state index is -0.203. The van der Waals surface area contributed by atoms with E-state index >= 15 is 0 Å². The third kappa shape index (κ3) is 3.69. The molecular formula is C20H31N5O. The van der Waals surface area contributed by atoms with E-state index in [1.807, 2.05) is 22.6 Å². The van der Waals surface area contributed by atoms with Crippen molar-refractivity contribution in [1.82, 2.24) is 24.6 Å². The molecule has 6 nitrogen and oxygen atoms in total. The minimum absolute atomic E-state index is 0.191. The van der Waals surface area contributed by atoms with Gasteiger partial charge in [0.2, 0.25) is 5.91 Å². The van der Waals surface area contributed by atoms with E-state index < -0.39 is 0 Å². The maximum atomic E-state index is 13.0. The SMILES string of the molecule is CC(C)c1cc(C2CCN(C(=O)[C@@H](C)n3ccnc3C(C)C)CC2)[nH]n1. The second kappa shape index (κ2) is 7.64. The Hall–Kier alpha value is -2.11. The zero-order valence-electron chi connectivity index (χ0n) is 16.6. The summed E-state index contributed by atoms with van der Waals surface area (Å²) in [5.74, 6) is 2.37. The number of amides is 1. The van der Waals surface area contributed by atoms with E-state index in [0.717, 1.165) is 37.4 Å². The van der Waals surface area contributed by atoms with Crippen LogP contribution in [-0.2, 0) is 4.79 Å². The molecule has 2 aromatic heterocycles. The Morgan fingerprint density at radius 3 is 2.42 bits per heavy atom.